The minimum atomic E-state index is -0.183. The normalized spacial score (nSPS) is 14.9. The Morgan fingerprint density at radius 2 is 1.05 bits per heavy atom. The van der Waals surface area contributed by atoms with Crippen LogP contribution >= 0.6 is 0 Å². The van der Waals surface area contributed by atoms with E-state index in [9.17, 15) is 0 Å². The van der Waals surface area contributed by atoms with Crippen LogP contribution in [0.4, 0.5) is 34.3 Å². The topological polar surface area (TPSA) is 38.1 Å². The van der Waals surface area contributed by atoms with Crippen LogP contribution in [0.5, 0.6) is 11.5 Å². The molecule has 332 valence electrons. The Morgan fingerprint density at radius 3 is 1.66 bits per heavy atom. The number of aryl methyl sites for hydroxylation is 2. The monoisotopic (exact) mass is 861 g/mol. The molecule has 0 N–H and O–H groups in total. The number of furan rings is 1. The zero-order valence-electron chi connectivity index (χ0n) is 41.1. The number of rotatable bonds is 3. The van der Waals surface area contributed by atoms with Crippen LogP contribution in [0.25, 0.3) is 22.1 Å². The Kier molecular flexibility index (Phi) is 9.81. The van der Waals surface area contributed by atoms with Crippen molar-refractivity contribution in [1.29, 1.82) is 0 Å². The fraction of sp³-hybridized carbons (Fsp3) is 0.356. The van der Waals surface area contributed by atoms with Gasteiger partial charge in [0.25, 0.3) is 6.71 Å². The van der Waals surface area contributed by atoms with Gasteiger partial charge in [-0.3, -0.25) is 4.90 Å². The van der Waals surface area contributed by atoms with Gasteiger partial charge < -0.3 is 18.8 Å². The van der Waals surface area contributed by atoms with Gasteiger partial charge in [0.2, 0.25) is 5.88 Å². The summed E-state index contributed by atoms with van der Waals surface area (Å²) in [4.78, 5) is 5.04. The van der Waals surface area contributed by atoms with Gasteiger partial charge >= 0.3 is 0 Å². The molecule has 0 saturated carbocycles. The number of hydrogen-bond donors (Lipinski definition) is 0. The summed E-state index contributed by atoms with van der Waals surface area (Å²) in [6.45, 7) is 33.3. The van der Waals surface area contributed by atoms with E-state index in [4.69, 9.17) is 13.9 Å². The van der Waals surface area contributed by atoms with Crippen molar-refractivity contribution in [1.82, 2.24) is 0 Å². The van der Waals surface area contributed by atoms with Gasteiger partial charge in [0, 0.05) is 46.0 Å². The maximum atomic E-state index is 7.35. The minimum Gasteiger partial charge on any atom is -0.490 e. The van der Waals surface area contributed by atoms with E-state index >= 15 is 0 Å². The van der Waals surface area contributed by atoms with Gasteiger partial charge in [0.05, 0.1) is 24.6 Å². The smallest absolute Gasteiger partial charge is 0.257 e. The van der Waals surface area contributed by atoms with Crippen molar-refractivity contribution in [2.75, 3.05) is 23.0 Å². The lowest BCUT2D eigenvalue weighted by molar-refractivity contribution is 0.297. The molecule has 10 rings (SSSR count). The van der Waals surface area contributed by atoms with Gasteiger partial charge in [-0.2, -0.15) is 0 Å². The fourth-order valence-corrected chi connectivity index (χ4v) is 10.3. The molecule has 0 saturated heterocycles. The lowest BCUT2D eigenvalue weighted by atomic mass is 9.33. The Morgan fingerprint density at radius 1 is 0.492 bits per heavy atom. The standard InChI is InChI=1S/C59H65BN2O3/c1-35-27-40(58(9,10)11)28-36(2)54(35)62-48-32-41(59(12,13)14)31-47-53(48)60(52-43-30-39(57(6,7)8)22-24-49(43)65-55(52)62)44-33-50-51(64-26-18-25-63-50)34-46(44)61(47)45-23-21-38(56(3,4)5)29-42(45)37-19-16-15-17-20-37/h15-17,19-24,27-34H,18,25-26H2,1-14H3. The number of fused-ring (bicyclic) bond motifs is 7. The minimum absolute atomic E-state index is 0.00669. The molecule has 6 heteroatoms. The lowest BCUT2D eigenvalue weighted by Gasteiger charge is -2.44. The highest BCUT2D eigenvalue weighted by molar-refractivity contribution is 7.01. The molecule has 5 nitrogen and oxygen atoms in total. The molecule has 65 heavy (non-hydrogen) atoms. The van der Waals surface area contributed by atoms with Crippen molar-refractivity contribution in [3.63, 3.8) is 0 Å². The Labute approximate surface area is 387 Å². The van der Waals surface area contributed by atoms with E-state index in [-0.39, 0.29) is 28.4 Å². The second-order valence-electron chi connectivity index (χ2n) is 23.0. The molecule has 0 unspecified atom stereocenters. The van der Waals surface area contributed by atoms with Crippen molar-refractivity contribution < 1.29 is 13.9 Å². The van der Waals surface area contributed by atoms with E-state index in [1.807, 2.05) is 0 Å². The van der Waals surface area contributed by atoms with Crippen LogP contribution in [0.1, 0.15) is 123 Å². The van der Waals surface area contributed by atoms with E-state index in [1.165, 1.54) is 66.6 Å². The molecule has 0 aliphatic carbocycles. The third kappa shape index (κ3) is 7.14. The second-order valence-corrected chi connectivity index (χ2v) is 23.0. The first-order valence-corrected chi connectivity index (χ1v) is 23.7. The van der Waals surface area contributed by atoms with Crippen LogP contribution in [-0.4, -0.2) is 19.9 Å². The molecule has 0 radical (unpaired) electrons. The van der Waals surface area contributed by atoms with Crippen molar-refractivity contribution in [2.45, 2.75) is 125 Å². The van der Waals surface area contributed by atoms with Gasteiger partial charge in [-0.25, -0.2) is 0 Å². The maximum absolute atomic E-state index is 7.35. The summed E-state index contributed by atoms with van der Waals surface area (Å²) in [6.07, 6.45) is 0.825. The van der Waals surface area contributed by atoms with Crippen LogP contribution in [-0.2, 0) is 21.7 Å². The van der Waals surface area contributed by atoms with Gasteiger partial charge in [-0.1, -0.05) is 138 Å². The Bertz CT molecular complexity index is 3020. The van der Waals surface area contributed by atoms with Crippen LogP contribution in [0, 0.1) is 13.8 Å². The quantitative estimate of drug-likeness (QED) is 0.166. The highest BCUT2D eigenvalue weighted by Gasteiger charge is 2.48. The highest BCUT2D eigenvalue weighted by Crippen LogP contribution is 2.52. The Balaban J connectivity index is 1.39. The van der Waals surface area contributed by atoms with E-state index in [2.05, 4.69) is 210 Å². The summed E-state index contributed by atoms with van der Waals surface area (Å²) >= 11 is 0. The van der Waals surface area contributed by atoms with E-state index in [0.29, 0.717) is 13.2 Å². The molecule has 7 aromatic rings. The summed E-state index contributed by atoms with van der Waals surface area (Å²) < 4.78 is 20.5. The molecule has 0 bridgehead atoms. The van der Waals surface area contributed by atoms with E-state index < -0.39 is 0 Å². The highest BCUT2D eigenvalue weighted by atomic mass is 16.5. The molecule has 0 spiro atoms. The summed E-state index contributed by atoms with van der Waals surface area (Å²) in [5.74, 6) is 2.45. The third-order valence-corrected chi connectivity index (χ3v) is 14.1. The van der Waals surface area contributed by atoms with Gasteiger partial charge in [0.1, 0.15) is 5.58 Å². The molecule has 1 aromatic heterocycles. The van der Waals surface area contributed by atoms with Gasteiger partial charge in [0.15, 0.2) is 11.5 Å². The first-order valence-electron chi connectivity index (χ1n) is 23.7. The average Bonchev–Trinajstić information content (AvgIpc) is 3.45. The fourth-order valence-electron chi connectivity index (χ4n) is 10.3. The molecule has 0 atom stereocenters. The number of ether oxygens (including phenoxy) is 2. The molecule has 0 fully saturated rings. The molecule has 3 aliphatic rings. The molecule has 3 aliphatic heterocycles. The number of benzene rings is 6. The molecule has 0 amide bonds. The SMILES string of the molecule is Cc1cc(C(C)(C)C)cc(C)c1N1c2cc(C(C)(C)C)cc3c2B(c2cc4c(cc2N3c2ccc(C(C)(C)C)cc2-c2ccccc2)OCCCO4)c2c1oc1ccc(C(C)(C)C)cc21. The predicted molar refractivity (Wildman–Crippen MR) is 276 cm³/mol. The van der Waals surface area contributed by atoms with Crippen LogP contribution in [0.3, 0.4) is 0 Å². The second kappa shape index (κ2) is 14.8. The van der Waals surface area contributed by atoms with Crippen LogP contribution < -0.4 is 35.7 Å². The first-order chi connectivity index (χ1) is 30.6. The van der Waals surface area contributed by atoms with Gasteiger partial charge in [-0.15, -0.1) is 0 Å². The number of hydrogen-bond acceptors (Lipinski definition) is 5. The lowest BCUT2D eigenvalue weighted by Crippen LogP contribution is -2.61. The number of nitrogens with zero attached hydrogens (tertiary/aromatic N) is 2. The maximum Gasteiger partial charge on any atom is 0.257 e. The summed E-state index contributed by atoms with van der Waals surface area (Å²) in [5.41, 5.74) is 19.8. The van der Waals surface area contributed by atoms with Crippen molar-refractivity contribution in [3.05, 3.63) is 137 Å². The number of anilines is 6. The molecule has 6 aromatic carbocycles. The summed E-state index contributed by atoms with van der Waals surface area (Å²) in [6, 6.07) is 39.2. The third-order valence-electron chi connectivity index (χ3n) is 14.1. The van der Waals surface area contributed by atoms with Crippen molar-refractivity contribution >= 4 is 68.4 Å². The zero-order chi connectivity index (χ0) is 46.1. The van der Waals surface area contributed by atoms with E-state index in [0.717, 1.165) is 57.5 Å². The molecular formula is C59H65BN2O3. The van der Waals surface area contributed by atoms with Crippen LogP contribution in [0.15, 0.2) is 108 Å². The average molecular weight is 861 g/mol. The van der Waals surface area contributed by atoms with Crippen LogP contribution in [0.2, 0.25) is 0 Å². The van der Waals surface area contributed by atoms with Gasteiger partial charge in [-0.05, 0) is 128 Å². The molecule has 4 heterocycles. The zero-order valence-corrected chi connectivity index (χ0v) is 41.1. The summed E-state index contributed by atoms with van der Waals surface area (Å²) in [5, 5.41) is 1.14. The largest absolute Gasteiger partial charge is 0.490 e. The first kappa shape index (κ1) is 43.0. The summed E-state index contributed by atoms with van der Waals surface area (Å²) in [7, 11) is 0. The van der Waals surface area contributed by atoms with Crippen molar-refractivity contribution in [3.8, 4) is 22.6 Å². The van der Waals surface area contributed by atoms with Crippen molar-refractivity contribution in [2.24, 2.45) is 0 Å². The van der Waals surface area contributed by atoms with E-state index in [1.54, 1.807) is 0 Å². The predicted octanol–water partition coefficient (Wildman–Crippen LogP) is 14.2. The Hall–Kier alpha value is -5.88. The molecular weight excluding hydrogens is 795 g/mol.